The van der Waals surface area contributed by atoms with E-state index >= 15 is 0 Å². The summed E-state index contributed by atoms with van der Waals surface area (Å²) >= 11 is 5.86. The Morgan fingerprint density at radius 2 is 2.11 bits per heavy atom. The maximum absolute atomic E-state index is 8.58. The van der Waals surface area contributed by atoms with E-state index in [0.29, 0.717) is 10.7 Å². The number of nitrogens with zero attached hydrogens (tertiary/aromatic N) is 4. The number of amidine groups is 1. The van der Waals surface area contributed by atoms with Crippen molar-refractivity contribution in [2.45, 2.75) is 0 Å². The van der Waals surface area contributed by atoms with Gasteiger partial charge in [-0.3, -0.25) is 0 Å². The first-order valence-corrected chi connectivity index (χ1v) is 5.48. The molecule has 0 unspecified atom stereocenters. The lowest BCUT2D eigenvalue weighted by Crippen LogP contribution is -2.19. The van der Waals surface area contributed by atoms with Crippen molar-refractivity contribution >= 4 is 35.0 Å². The van der Waals surface area contributed by atoms with Gasteiger partial charge in [-0.25, -0.2) is 0 Å². The Bertz CT molecular complexity index is 631. The largest absolute Gasteiger partial charge is 0.409 e. The number of nitrogens with one attached hydrogen (secondary N) is 1. The van der Waals surface area contributed by atoms with Crippen molar-refractivity contribution in [2.75, 3.05) is 11.1 Å². The molecule has 0 spiro atoms. The molecule has 1 aromatic carbocycles. The number of oxime groups is 1. The number of rotatable bonds is 3. The minimum absolute atomic E-state index is 0.0282. The molecule has 0 amide bonds. The molecule has 0 fully saturated rings. The second-order valence-corrected chi connectivity index (χ2v) is 3.90. The third-order valence-electron chi connectivity index (χ3n) is 2.07. The Hall–Kier alpha value is -2.61. The van der Waals surface area contributed by atoms with Gasteiger partial charge in [0.2, 0.25) is 23.6 Å². The number of benzene rings is 1. The predicted molar refractivity (Wildman–Crippen MR) is 71.5 cm³/mol. The molecular weight excluding hydrogens is 270 g/mol. The van der Waals surface area contributed by atoms with E-state index in [1.54, 1.807) is 24.3 Å². The predicted octanol–water partition coefficient (Wildman–Crippen LogP) is 0.945. The molecule has 0 atom stereocenters. The average Bonchev–Trinajstić information content (AvgIpc) is 2.37. The zero-order valence-electron chi connectivity index (χ0n) is 9.58. The first-order valence-electron chi connectivity index (χ1n) is 5.10. The van der Waals surface area contributed by atoms with Gasteiger partial charge in [0, 0.05) is 10.7 Å². The molecule has 0 saturated heterocycles. The first kappa shape index (κ1) is 12.8. The lowest BCUT2D eigenvalue weighted by Gasteiger charge is -2.06. The summed E-state index contributed by atoms with van der Waals surface area (Å²) in [4.78, 5) is 11.6. The van der Waals surface area contributed by atoms with E-state index in [1.807, 2.05) is 0 Å². The number of anilines is 3. The molecule has 0 bridgehead atoms. The monoisotopic (exact) mass is 279 g/mol. The van der Waals surface area contributed by atoms with Gasteiger partial charge < -0.3 is 22.0 Å². The zero-order valence-corrected chi connectivity index (χ0v) is 10.3. The van der Waals surface area contributed by atoms with Gasteiger partial charge in [0.1, 0.15) is 0 Å². The van der Waals surface area contributed by atoms with E-state index in [2.05, 4.69) is 25.4 Å². The maximum Gasteiger partial charge on any atom is 0.232 e. The SMILES string of the molecule is NC(=NO)c1nc(N)nc(Nc2cccc(Cl)c2)n1. The molecule has 2 aromatic rings. The summed E-state index contributed by atoms with van der Waals surface area (Å²) < 4.78 is 0. The highest BCUT2D eigenvalue weighted by Crippen LogP contribution is 2.18. The number of hydrogen-bond donors (Lipinski definition) is 4. The molecule has 1 aromatic heterocycles. The maximum atomic E-state index is 8.58. The Labute approximate surface area is 113 Å². The Kier molecular flexibility index (Phi) is 3.62. The second-order valence-electron chi connectivity index (χ2n) is 3.46. The molecular formula is C10H10ClN7O. The van der Waals surface area contributed by atoms with Gasteiger partial charge >= 0.3 is 0 Å². The van der Waals surface area contributed by atoms with E-state index < -0.39 is 0 Å². The normalized spacial score (nSPS) is 11.3. The Morgan fingerprint density at radius 3 is 2.79 bits per heavy atom. The van der Waals surface area contributed by atoms with Crippen LogP contribution in [-0.4, -0.2) is 26.0 Å². The van der Waals surface area contributed by atoms with Gasteiger partial charge in [-0.15, -0.1) is 0 Å². The lowest BCUT2D eigenvalue weighted by atomic mass is 10.3. The van der Waals surface area contributed by atoms with Gasteiger partial charge in [-0.05, 0) is 18.2 Å². The zero-order chi connectivity index (χ0) is 13.8. The van der Waals surface area contributed by atoms with Crippen LogP contribution < -0.4 is 16.8 Å². The van der Waals surface area contributed by atoms with Crippen LogP contribution in [0.4, 0.5) is 17.6 Å². The van der Waals surface area contributed by atoms with Crippen LogP contribution in [0.1, 0.15) is 5.82 Å². The average molecular weight is 280 g/mol. The molecule has 1 heterocycles. The van der Waals surface area contributed by atoms with Crippen LogP contribution in [0.15, 0.2) is 29.4 Å². The van der Waals surface area contributed by atoms with Crippen LogP contribution in [0.2, 0.25) is 5.02 Å². The number of halogens is 1. The summed E-state index contributed by atoms with van der Waals surface area (Å²) in [5.41, 5.74) is 11.6. The Balaban J connectivity index is 2.33. The standard InChI is InChI=1S/C10H10ClN7O/c11-5-2-1-3-6(4-5)14-10-16-8(7(12)18-19)15-9(13)17-10/h1-4,19H,(H2,12,18)(H3,13,14,15,16,17). The van der Waals surface area contributed by atoms with Gasteiger partial charge in [0.25, 0.3) is 0 Å². The fourth-order valence-electron chi connectivity index (χ4n) is 1.30. The minimum atomic E-state index is -0.261. The summed E-state index contributed by atoms with van der Waals surface area (Å²) in [6.45, 7) is 0. The second kappa shape index (κ2) is 5.36. The molecule has 9 heteroatoms. The van der Waals surface area contributed by atoms with Crippen LogP contribution in [0.5, 0.6) is 0 Å². The fourth-order valence-corrected chi connectivity index (χ4v) is 1.49. The molecule has 0 aliphatic heterocycles. The minimum Gasteiger partial charge on any atom is -0.409 e. The van der Waals surface area contributed by atoms with Crippen molar-refractivity contribution in [2.24, 2.45) is 10.9 Å². The summed E-state index contributed by atoms with van der Waals surface area (Å²) in [6.07, 6.45) is 0. The van der Waals surface area contributed by atoms with Crippen LogP contribution in [-0.2, 0) is 0 Å². The van der Waals surface area contributed by atoms with E-state index in [-0.39, 0.29) is 23.6 Å². The first-order chi connectivity index (χ1) is 9.08. The van der Waals surface area contributed by atoms with Gasteiger partial charge in [0.15, 0.2) is 0 Å². The topological polar surface area (TPSA) is 135 Å². The molecule has 8 nitrogen and oxygen atoms in total. The van der Waals surface area contributed by atoms with Gasteiger partial charge in [-0.2, -0.15) is 15.0 Å². The molecule has 0 aliphatic rings. The molecule has 0 aliphatic carbocycles. The highest BCUT2D eigenvalue weighted by atomic mass is 35.5. The summed E-state index contributed by atoms with van der Waals surface area (Å²) in [7, 11) is 0. The molecule has 98 valence electrons. The number of nitrogen functional groups attached to an aromatic ring is 1. The highest BCUT2D eigenvalue weighted by Gasteiger charge is 2.08. The summed E-state index contributed by atoms with van der Waals surface area (Å²) in [6, 6.07) is 6.95. The van der Waals surface area contributed by atoms with Crippen molar-refractivity contribution in [3.8, 4) is 0 Å². The van der Waals surface area contributed by atoms with Crippen molar-refractivity contribution in [3.63, 3.8) is 0 Å². The fraction of sp³-hybridized carbons (Fsp3) is 0. The van der Waals surface area contributed by atoms with Gasteiger partial charge in [-0.1, -0.05) is 22.8 Å². The van der Waals surface area contributed by atoms with E-state index in [4.69, 9.17) is 28.3 Å². The van der Waals surface area contributed by atoms with Crippen LogP contribution >= 0.6 is 11.6 Å². The van der Waals surface area contributed by atoms with Crippen molar-refractivity contribution in [1.29, 1.82) is 0 Å². The number of nitrogens with two attached hydrogens (primary N) is 2. The quantitative estimate of drug-likeness (QED) is 0.284. The van der Waals surface area contributed by atoms with Crippen molar-refractivity contribution in [3.05, 3.63) is 35.1 Å². The molecule has 6 N–H and O–H groups in total. The van der Waals surface area contributed by atoms with E-state index in [0.717, 1.165) is 0 Å². The molecule has 0 saturated carbocycles. The number of hydrogen-bond acceptors (Lipinski definition) is 7. The third kappa shape index (κ3) is 3.19. The lowest BCUT2D eigenvalue weighted by molar-refractivity contribution is 0.318. The Morgan fingerprint density at radius 1 is 1.32 bits per heavy atom. The smallest absolute Gasteiger partial charge is 0.232 e. The van der Waals surface area contributed by atoms with Crippen molar-refractivity contribution in [1.82, 2.24) is 15.0 Å². The summed E-state index contributed by atoms with van der Waals surface area (Å²) in [5.74, 6) is -0.180. The van der Waals surface area contributed by atoms with Crippen LogP contribution in [0.3, 0.4) is 0 Å². The molecule has 0 radical (unpaired) electrons. The molecule has 19 heavy (non-hydrogen) atoms. The van der Waals surface area contributed by atoms with E-state index in [9.17, 15) is 0 Å². The summed E-state index contributed by atoms with van der Waals surface area (Å²) in [5, 5.41) is 14.8. The van der Waals surface area contributed by atoms with E-state index in [1.165, 1.54) is 0 Å². The van der Waals surface area contributed by atoms with Crippen LogP contribution in [0, 0.1) is 0 Å². The van der Waals surface area contributed by atoms with Crippen molar-refractivity contribution < 1.29 is 5.21 Å². The number of aromatic nitrogens is 3. The third-order valence-corrected chi connectivity index (χ3v) is 2.31. The molecule has 2 rings (SSSR count). The van der Waals surface area contributed by atoms with Crippen LogP contribution in [0.25, 0.3) is 0 Å². The van der Waals surface area contributed by atoms with Gasteiger partial charge in [0.05, 0.1) is 0 Å². The highest BCUT2D eigenvalue weighted by molar-refractivity contribution is 6.30.